The lowest BCUT2D eigenvalue weighted by Crippen LogP contribution is -2.15. The molecule has 3 N–H and O–H groups in total. The average molecular weight is 379 g/mol. The Morgan fingerprint density at radius 2 is 2.04 bits per heavy atom. The summed E-state index contributed by atoms with van der Waals surface area (Å²) < 4.78 is 3.02. The van der Waals surface area contributed by atoms with Crippen molar-refractivity contribution in [3.05, 3.63) is 64.9 Å². The van der Waals surface area contributed by atoms with Gasteiger partial charge in [0, 0.05) is 28.6 Å². The summed E-state index contributed by atoms with van der Waals surface area (Å²) in [6.07, 6.45) is 6.20. The highest BCUT2D eigenvalue weighted by Gasteiger charge is 2.17. The summed E-state index contributed by atoms with van der Waals surface area (Å²) in [5.74, 6) is 0.0284. The Morgan fingerprint density at radius 3 is 2.70 bits per heavy atom. The summed E-state index contributed by atoms with van der Waals surface area (Å²) in [7, 11) is 0. The second-order valence-corrected chi connectivity index (χ2v) is 6.94. The van der Waals surface area contributed by atoms with E-state index in [0.717, 1.165) is 27.4 Å². The number of carbonyl (C=O) groups excluding carboxylic acids is 1. The highest BCUT2D eigenvalue weighted by Crippen LogP contribution is 2.21. The van der Waals surface area contributed by atoms with Crippen molar-refractivity contribution in [1.82, 2.24) is 24.3 Å². The van der Waals surface area contributed by atoms with Crippen LogP contribution < -0.4 is 11.1 Å². The van der Waals surface area contributed by atoms with Gasteiger partial charge < -0.3 is 15.6 Å². The Bertz CT molecular complexity index is 1060. The topological polar surface area (TPSA) is 104 Å². The third kappa shape index (κ3) is 3.44. The average Bonchev–Trinajstić information content (AvgIpc) is 3.43. The molecule has 0 aliphatic heterocycles. The summed E-state index contributed by atoms with van der Waals surface area (Å²) in [4.78, 5) is 22.5. The minimum absolute atomic E-state index is 0.0454. The molecule has 0 atom stereocenters. The lowest BCUT2D eigenvalue weighted by molar-refractivity contribution is 0.0952. The number of anilines is 3. The molecule has 0 amide bonds. The molecular formula is C18H17N7OS. The second-order valence-electron chi connectivity index (χ2n) is 5.77. The van der Waals surface area contributed by atoms with Crippen LogP contribution in [0.15, 0.2) is 55.1 Å². The van der Waals surface area contributed by atoms with Crippen LogP contribution in [-0.2, 0) is 6.42 Å². The highest BCUT2D eigenvalue weighted by atomic mass is 32.1. The number of nitrogen functional groups attached to an aromatic ring is 1. The smallest absolute Gasteiger partial charge is 0.291 e. The van der Waals surface area contributed by atoms with Gasteiger partial charge in [-0.1, -0.05) is 6.92 Å². The summed E-state index contributed by atoms with van der Waals surface area (Å²) >= 11 is 1.44. The number of carbonyl (C=O) groups is 1. The summed E-state index contributed by atoms with van der Waals surface area (Å²) in [6.45, 7) is 2.05. The van der Waals surface area contributed by atoms with E-state index in [0.29, 0.717) is 4.88 Å². The number of benzene rings is 1. The van der Waals surface area contributed by atoms with Crippen molar-refractivity contribution in [3.63, 3.8) is 0 Å². The molecular weight excluding hydrogens is 362 g/mol. The Balaban J connectivity index is 1.52. The molecule has 0 unspecified atom stereocenters. The summed E-state index contributed by atoms with van der Waals surface area (Å²) in [6, 6.07) is 11.4. The molecule has 4 rings (SSSR count). The molecule has 3 aromatic heterocycles. The van der Waals surface area contributed by atoms with Crippen LogP contribution in [0.25, 0.3) is 5.69 Å². The molecule has 0 spiro atoms. The predicted octanol–water partition coefficient (Wildman–Crippen LogP) is 3.10. The molecule has 27 heavy (non-hydrogen) atoms. The van der Waals surface area contributed by atoms with Gasteiger partial charge in [0.05, 0.1) is 11.2 Å². The molecule has 8 nitrogen and oxygen atoms in total. The van der Waals surface area contributed by atoms with Crippen LogP contribution in [0.2, 0.25) is 0 Å². The van der Waals surface area contributed by atoms with Gasteiger partial charge in [0.25, 0.3) is 5.91 Å². The number of imidazole rings is 1. The quantitative estimate of drug-likeness (QED) is 0.552. The Morgan fingerprint density at radius 1 is 1.22 bits per heavy atom. The van der Waals surface area contributed by atoms with Crippen molar-refractivity contribution >= 4 is 34.8 Å². The minimum atomic E-state index is -0.284. The molecule has 136 valence electrons. The minimum Gasteiger partial charge on any atom is -0.368 e. The lowest BCUT2D eigenvalue weighted by Gasteiger charge is -2.05. The number of nitrogens with one attached hydrogen (secondary N) is 1. The molecule has 0 fully saturated rings. The van der Waals surface area contributed by atoms with Gasteiger partial charge in [-0.05, 0) is 42.8 Å². The highest BCUT2D eigenvalue weighted by molar-refractivity contribution is 7.14. The SMILES string of the molecule is CCc1ccc(C(=O)n2nc(Nc3ccc(-n4ccnc4)cc3)nc2N)s1. The largest absolute Gasteiger partial charge is 0.368 e. The number of nitrogens with two attached hydrogens (primary N) is 1. The fourth-order valence-electron chi connectivity index (χ4n) is 2.57. The van der Waals surface area contributed by atoms with E-state index in [9.17, 15) is 4.79 Å². The number of hydrogen-bond acceptors (Lipinski definition) is 7. The number of thiophene rings is 1. The van der Waals surface area contributed by atoms with Crippen LogP contribution in [0.4, 0.5) is 17.6 Å². The van der Waals surface area contributed by atoms with Gasteiger partial charge in [-0.3, -0.25) is 4.79 Å². The van der Waals surface area contributed by atoms with Gasteiger partial charge in [0.15, 0.2) is 0 Å². The monoisotopic (exact) mass is 379 g/mol. The molecule has 0 radical (unpaired) electrons. The van der Waals surface area contributed by atoms with Gasteiger partial charge in [-0.2, -0.15) is 9.67 Å². The van der Waals surface area contributed by atoms with Gasteiger partial charge in [-0.15, -0.1) is 16.4 Å². The molecule has 0 aliphatic carbocycles. The first-order chi connectivity index (χ1) is 13.1. The van der Waals surface area contributed by atoms with E-state index >= 15 is 0 Å². The number of aromatic nitrogens is 5. The number of nitrogens with zero attached hydrogens (tertiary/aromatic N) is 5. The van der Waals surface area contributed by atoms with Crippen molar-refractivity contribution in [2.24, 2.45) is 0 Å². The van der Waals surface area contributed by atoms with E-state index in [1.807, 2.05) is 48.0 Å². The molecule has 0 saturated heterocycles. The van der Waals surface area contributed by atoms with E-state index in [-0.39, 0.29) is 17.8 Å². The van der Waals surface area contributed by atoms with E-state index in [4.69, 9.17) is 5.73 Å². The summed E-state index contributed by atoms with van der Waals surface area (Å²) in [5.41, 5.74) is 7.65. The van der Waals surface area contributed by atoms with Gasteiger partial charge in [0.2, 0.25) is 11.9 Å². The lowest BCUT2D eigenvalue weighted by atomic mass is 10.3. The van der Waals surface area contributed by atoms with Crippen molar-refractivity contribution in [2.45, 2.75) is 13.3 Å². The molecule has 4 aromatic rings. The zero-order chi connectivity index (χ0) is 18.8. The second kappa shape index (κ2) is 7.04. The van der Waals surface area contributed by atoms with Crippen molar-refractivity contribution < 1.29 is 4.79 Å². The van der Waals surface area contributed by atoms with Gasteiger partial charge >= 0.3 is 0 Å². The van der Waals surface area contributed by atoms with Crippen LogP contribution in [0.1, 0.15) is 21.5 Å². The Kier molecular flexibility index (Phi) is 4.43. The number of hydrogen-bond donors (Lipinski definition) is 2. The van der Waals surface area contributed by atoms with Crippen molar-refractivity contribution in [2.75, 3.05) is 11.1 Å². The standard InChI is InChI=1S/C18H17N7OS/c1-2-14-7-8-15(27-14)16(26)25-17(19)22-18(23-25)21-12-3-5-13(6-4-12)24-10-9-20-11-24/h3-11H,2H2,1H3,(H3,19,21,22,23). The van der Waals surface area contributed by atoms with Gasteiger partial charge in [-0.25, -0.2) is 4.98 Å². The zero-order valence-electron chi connectivity index (χ0n) is 14.5. The maximum Gasteiger partial charge on any atom is 0.291 e. The predicted molar refractivity (Wildman–Crippen MR) is 105 cm³/mol. The third-order valence-electron chi connectivity index (χ3n) is 3.97. The fourth-order valence-corrected chi connectivity index (χ4v) is 3.44. The van der Waals surface area contributed by atoms with Crippen molar-refractivity contribution in [3.8, 4) is 5.69 Å². The van der Waals surface area contributed by atoms with Crippen LogP contribution in [-0.4, -0.2) is 30.2 Å². The molecule has 1 aromatic carbocycles. The first kappa shape index (κ1) is 17.0. The molecule has 0 bridgehead atoms. The van der Waals surface area contributed by atoms with Crippen LogP contribution >= 0.6 is 11.3 Å². The van der Waals surface area contributed by atoms with E-state index in [2.05, 4.69) is 20.4 Å². The summed E-state index contributed by atoms with van der Waals surface area (Å²) in [5, 5.41) is 7.26. The Hall–Kier alpha value is -3.46. The number of rotatable bonds is 5. The van der Waals surface area contributed by atoms with E-state index in [1.165, 1.54) is 11.3 Å². The molecule has 9 heteroatoms. The first-order valence-electron chi connectivity index (χ1n) is 8.35. The fraction of sp³-hybridized carbons (Fsp3) is 0.111. The third-order valence-corrected chi connectivity index (χ3v) is 5.19. The van der Waals surface area contributed by atoms with E-state index in [1.54, 1.807) is 18.6 Å². The Labute approximate surface area is 159 Å². The maximum atomic E-state index is 12.6. The molecule has 3 heterocycles. The molecule has 0 aliphatic rings. The van der Waals surface area contributed by atoms with Crippen LogP contribution in [0.5, 0.6) is 0 Å². The molecule has 0 saturated carbocycles. The van der Waals surface area contributed by atoms with Crippen LogP contribution in [0, 0.1) is 0 Å². The normalized spacial score (nSPS) is 10.9. The van der Waals surface area contributed by atoms with Gasteiger partial charge in [0.1, 0.15) is 0 Å². The number of aryl methyl sites for hydroxylation is 1. The van der Waals surface area contributed by atoms with Crippen molar-refractivity contribution in [1.29, 1.82) is 0 Å². The van der Waals surface area contributed by atoms with Crippen LogP contribution in [0.3, 0.4) is 0 Å². The van der Waals surface area contributed by atoms with E-state index < -0.39 is 0 Å². The first-order valence-corrected chi connectivity index (χ1v) is 9.17. The zero-order valence-corrected chi connectivity index (χ0v) is 15.3. The maximum absolute atomic E-state index is 12.6.